The quantitative estimate of drug-likeness (QED) is 0.493. The normalized spacial score (nSPS) is 13.1. The van der Waals surface area contributed by atoms with Crippen molar-refractivity contribution < 1.29 is 19.4 Å². The third-order valence-electron chi connectivity index (χ3n) is 4.25. The van der Waals surface area contributed by atoms with Gasteiger partial charge in [0.1, 0.15) is 6.61 Å². The molecule has 0 aliphatic carbocycles. The molecule has 8 heteroatoms. The lowest BCUT2D eigenvalue weighted by molar-refractivity contribution is -0.146. The molecular weight excluding hydrogens is 468 g/mol. The number of carbonyl (C=O) groups excluding carboxylic acids is 1. The van der Waals surface area contributed by atoms with E-state index in [1.807, 2.05) is 51.1 Å². The Labute approximate surface area is 190 Å². The summed E-state index contributed by atoms with van der Waals surface area (Å²) in [7, 11) is 0. The SMILES string of the molecule is CC(C)(C)C[C@](NC(=S)NC(=O)OCc1ccccc1)(C(=O)O)c1ccc(Br)cc1. The van der Waals surface area contributed by atoms with E-state index in [2.05, 4.69) is 26.6 Å². The van der Waals surface area contributed by atoms with E-state index in [0.717, 1.165) is 10.0 Å². The van der Waals surface area contributed by atoms with Crippen LogP contribution in [0.1, 0.15) is 38.3 Å². The van der Waals surface area contributed by atoms with E-state index in [1.165, 1.54) is 0 Å². The van der Waals surface area contributed by atoms with Gasteiger partial charge in [-0.1, -0.05) is 79.2 Å². The van der Waals surface area contributed by atoms with Crippen LogP contribution in [0.4, 0.5) is 4.79 Å². The van der Waals surface area contributed by atoms with E-state index in [9.17, 15) is 14.7 Å². The third-order valence-corrected chi connectivity index (χ3v) is 4.99. The Morgan fingerprint density at radius 1 is 1.07 bits per heavy atom. The van der Waals surface area contributed by atoms with Crippen LogP contribution in [-0.4, -0.2) is 22.3 Å². The van der Waals surface area contributed by atoms with Gasteiger partial charge in [0.25, 0.3) is 0 Å². The average molecular weight is 493 g/mol. The van der Waals surface area contributed by atoms with Crippen LogP contribution in [0.5, 0.6) is 0 Å². The summed E-state index contributed by atoms with van der Waals surface area (Å²) < 4.78 is 5.99. The Hall–Kier alpha value is -2.45. The number of ether oxygens (including phenoxy) is 1. The predicted molar refractivity (Wildman–Crippen MR) is 123 cm³/mol. The molecule has 30 heavy (non-hydrogen) atoms. The van der Waals surface area contributed by atoms with E-state index < -0.39 is 17.6 Å². The van der Waals surface area contributed by atoms with E-state index in [1.54, 1.807) is 24.3 Å². The first kappa shape index (κ1) is 23.8. The second-order valence-corrected chi connectivity index (χ2v) is 9.42. The minimum Gasteiger partial charge on any atom is -0.479 e. The lowest BCUT2D eigenvalue weighted by atomic mass is 9.75. The van der Waals surface area contributed by atoms with Gasteiger partial charge in [0.2, 0.25) is 0 Å². The topological polar surface area (TPSA) is 87.7 Å². The third kappa shape index (κ3) is 6.81. The molecule has 0 saturated heterocycles. The van der Waals surface area contributed by atoms with Crippen LogP contribution in [0, 0.1) is 5.41 Å². The monoisotopic (exact) mass is 492 g/mol. The molecule has 0 aliphatic rings. The van der Waals surface area contributed by atoms with Gasteiger partial charge in [-0.25, -0.2) is 9.59 Å². The molecule has 0 fully saturated rings. The Bertz CT molecular complexity index is 898. The molecule has 0 aromatic heterocycles. The summed E-state index contributed by atoms with van der Waals surface area (Å²) in [5.74, 6) is -1.10. The summed E-state index contributed by atoms with van der Waals surface area (Å²) in [4.78, 5) is 24.6. The summed E-state index contributed by atoms with van der Waals surface area (Å²) in [6.07, 6.45) is -0.528. The number of hydrogen-bond donors (Lipinski definition) is 3. The first-order valence-corrected chi connectivity index (χ1v) is 10.5. The molecule has 2 aromatic rings. The van der Waals surface area contributed by atoms with Crippen molar-refractivity contribution in [1.82, 2.24) is 10.6 Å². The number of carbonyl (C=O) groups is 2. The summed E-state index contributed by atoms with van der Waals surface area (Å²) in [6, 6.07) is 16.2. The van der Waals surface area contributed by atoms with Crippen LogP contribution < -0.4 is 10.6 Å². The Balaban J connectivity index is 2.17. The van der Waals surface area contributed by atoms with E-state index >= 15 is 0 Å². The van der Waals surface area contributed by atoms with Crippen molar-refractivity contribution in [3.8, 4) is 0 Å². The molecular formula is C22H25BrN2O4S. The fourth-order valence-corrected chi connectivity index (χ4v) is 3.60. The highest BCUT2D eigenvalue weighted by atomic mass is 79.9. The number of thiocarbonyl (C=S) groups is 1. The van der Waals surface area contributed by atoms with Crippen molar-refractivity contribution in [3.63, 3.8) is 0 Å². The minimum atomic E-state index is -1.53. The number of carboxylic acid groups (broad SMARTS) is 1. The maximum atomic E-state index is 12.4. The van der Waals surface area contributed by atoms with Crippen LogP contribution in [0.25, 0.3) is 0 Å². The minimum absolute atomic E-state index is 0.0774. The van der Waals surface area contributed by atoms with Crippen molar-refractivity contribution in [1.29, 1.82) is 0 Å². The first-order valence-electron chi connectivity index (χ1n) is 9.31. The van der Waals surface area contributed by atoms with Gasteiger partial charge in [0.15, 0.2) is 10.7 Å². The first-order chi connectivity index (χ1) is 14.0. The van der Waals surface area contributed by atoms with Crippen molar-refractivity contribution >= 4 is 45.3 Å². The molecule has 0 spiro atoms. The summed E-state index contributed by atoms with van der Waals surface area (Å²) in [6.45, 7) is 5.90. The van der Waals surface area contributed by atoms with Crippen molar-refractivity contribution in [3.05, 3.63) is 70.2 Å². The van der Waals surface area contributed by atoms with E-state index in [-0.39, 0.29) is 23.6 Å². The second kappa shape index (κ2) is 10.0. The Kier molecular flexibility index (Phi) is 7.97. The molecule has 0 bridgehead atoms. The molecule has 3 N–H and O–H groups in total. The summed E-state index contributed by atoms with van der Waals surface area (Å²) in [5, 5.41) is 15.3. The lowest BCUT2D eigenvalue weighted by Gasteiger charge is -2.37. The molecule has 1 amide bonds. The predicted octanol–water partition coefficient (Wildman–Crippen LogP) is 4.97. The fraction of sp³-hybridized carbons (Fsp3) is 0.318. The Morgan fingerprint density at radius 3 is 2.20 bits per heavy atom. The maximum Gasteiger partial charge on any atom is 0.413 e. The highest BCUT2D eigenvalue weighted by molar-refractivity contribution is 9.10. The molecule has 0 heterocycles. The van der Waals surface area contributed by atoms with Gasteiger partial charge in [0, 0.05) is 4.47 Å². The number of alkyl carbamates (subject to hydrolysis) is 1. The zero-order valence-electron chi connectivity index (χ0n) is 17.1. The molecule has 1 atom stereocenters. The number of nitrogens with one attached hydrogen (secondary N) is 2. The molecule has 160 valence electrons. The van der Waals surface area contributed by atoms with Gasteiger partial charge in [-0.2, -0.15) is 0 Å². The summed E-state index contributed by atoms with van der Waals surface area (Å²) in [5.41, 5.74) is -0.520. The smallest absolute Gasteiger partial charge is 0.413 e. The van der Waals surface area contributed by atoms with Gasteiger partial charge in [-0.15, -0.1) is 0 Å². The van der Waals surface area contributed by atoms with Crippen LogP contribution in [0.15, 0.2) is 59.1 Å². The highest BCUT2D eigenvalue weighted by Gasteiger charge is 2.44. The molecule has 0 radical (unpaired) electrons. The van der Waals surface area contributed by atoms with Crippen LogP contribution in [0.2, 0.25) is 0 Å². The lowest BCUT2D eigenvalue weighted by Crippen LogP contribution is -2.57. The van der Waals surface area contributed by atoms with Crippen LogP contribution in [0.3, 0.4) is 0 Å². The number of rotatable bonds is 6. The number of amides is 1. The zero-order chi connectivity index (χ0) is 22.4. The van der Waals surface area contributed by atoms with Gasteiger partial charge < -0.3 is 15.2 Å². The number of hydrogen-bond acceptors (Lipinski definition) is 4. The average Bonchev–Trinajstić information content (AvgIpc) is 2.66. The molecule has 0 aliphatic heterocycles. The Morgan fingerprint density at radius 2 is 1.67 bits per heavy atom. The number of carboxylic acids is 1. The molecule has 0 unspecified atom stereocenters. The van der Waals surface area contributed by atoms with E-state index in [4.69, 9.17) is 17.0 Å². The number of benzene rings is 2. The highest BCUT2D eigenvalue weighted by Crippen LogP contribution is 2.36. The zero-order valence-corrected chi connectivity index (χ0v) is 19.5. The number of halogens is 1. The maximum absolute atomic E-state index is 12.4. The molecule has 2 aromatic carbocycles. The standard InChI is InChI=1S/C22H25BrN2O4S/c1-21(2,3)14-22(18(26)27,16-9-11-17(23)12-10-16)25-19(30)24-20(28)29-13-15-7-5-4-6-8-15/h4-12H,13-14H2,1-3H3,(H,26,27)(H2,24,25,28,30)/t22-/m1/s1. The van der Waals surface area contributed by atoms with Gasteiger partial charge in [-0.3, -0.25) is 5.32 Å². The number of aliphatic carboxylic acids is 1. The molecule has 0 saturated carbocycles. The second-order valence-electron chi connectivity index (χ2n) is 8.10. The molecule has 6 nitrogen and oxygen atoms in total. The molecule has 2 rings (SSSR count). The van der Waals surface area contributed by atoms with Crippen molar-refractivity contribution in [2.45, 2.75) is 39.3 Å². The summed E-state index contributed by atoms with van der Waals surface area (Å²) >= 11 is 8.61. The van der Waals surface area contributed by atoms with Gasteiger partial charge in [-0.05, 0) is 47.3 Å². The van der Waals surface area contributed by atoms with E-state index in [0.29, 0.717) is 5.56 Å². The van der Waals surface area contributed by atoms with Gasteiger partial charge in [0.05, 0.1) is 0 Å². The fourth-order valence-electron chi connectivity index (χ4n) is 3.08. The van der Waals surface area contributed by atoms with Gasteiger partial charge >= 0.3 is 12.1 Å². The largest absolute Gasteiger partial charge is 0.479 e. The van der Waals surface area contributed by atoms with Crippen molar-refractivity contribution in [2.75, 3.05) is 0 Å². The van der Waals surface area contributed by atoms with Crippen LogP contribution in [-0.2, 0) is 21.7 Å². The van der Waals surface area contributed by atoms with Crippen molar-refractivity contribution in [2.24, 2.45) is 5.41 Å². The van der Waals surface area contributed by atoms with Crippen LogP contribution >= 0.6 is 28.1 Å².